The first-order chi connectivity index (χ1) is 10.9. The van der Waals surface area contributed by atoms with Gasteiger partial charge in [0.25, 0.3) is 0 Å². The van der Waals surface area contributed by atoms with Crippen molar-refractivity contribution >= 4 is 0 Å². The minimum atomic E-state index is 0.322. The number of aliphatic hydroxyl groups excluding tert-OH is 1. The summed E-state index contributed by atoms with van der Waals surface area (Å²) in [7, 11) is 0. The Morgan fingerprint density at radius 1 is 0.636 bits per heavy atom. The lowest BCUT2D eigenvalue weighted by molar-refractivity contribution is 0.280. The molecule has 2 rings (SSSR count). The van der Waals surface area contributed by atoms with Gasteiger partial charge in [-0.3, -0.25) is 0 Å². The first kappa shape index (κ1) is 16.6. The fraction of sp³-hybridized carbons (Fsp3) is 0.400. The molecule has 118 valence electrons. The van der Waals surface area contributed by atoms with Gasteiger partial charge in [-0.2, -0.15) is 0 Å². The molecule has 1 N–H and O–H groups in total. The molecule has 2 heteroatoms. The number of rotatable bonds is 10. The fourth-order valence-corrected chi connectivity index (χ4v) is 2.49. The van der Waals surface area contributed by atoms with E-state index in [0.717, 1.165) is 31.6 Å². The van der Waals surface area contributed by atoms with Crippen LogP contribution in [0.25, 0.3) is 11.1 Å². The van der Waals surface area contributed by atoms with Crippen LogP contribution in [-0.2, 0) is 0 Å². The third-order valence-corrected chi connectivity index (χ3v) is 3.78. The topological polar surface area (TPSA) is 29.5 Å². The highest BCUT2D eigenvalue weighted by atomic mass is 16.5. The predicted octanol–water partition coefficient (Wildman–Crippen LogP) is 5.07. The summed E-state index contributed by atoms with van der Waals surface area (Å²) < 4.78 is 5.78. The minimum Gasteiger partial charge on any atom is -0.494 e. The van der Waals surface area contributed by atoms with Crippen molar-refractivity contribution in [2.75, 3.05) is 13.2 Å². The molecule has 0 radical (unpaired) electrons. The maximum Gasteiger partial charge on any atom is 0.119 e. The minimum absolute atomic E-state index is 0.322. The highest BCUT2D eigenvalue weighted by Crippen LogP contribution is 2.22. The first-order valence-electron chi connectivity index (χ1n) is 8.29. The van der Waals surface area contributed by atoms with E-state index < -0.39 is 0 Å². The van der Waals surface area contributed by atoms with Gasteiger partial charge in [-0.25, -0.2) is 0 Å². The summed E-state index contributed by atoms with van der Waals surface area (Å²) in [5.41, 5.74) is 2.45. The maximum atomic E-state index is 8.71. The van der Waals surface area contributed by atoms with Crippen LogP contribution >= 0.6 is 0 Å². The van der Waals surface area contributed by atoms with Crippen molar-refractivity contribution in [3.63, 3.8) is 0 Å². The van der Waals surface area contributed by atoms with Gasteiger partial charge in [0, 0.05) is 6.61 Å². The molecular weight excluding hydrogens is 272 g/mol. The van der Waals surface area contributed by atoms with Gasteiger partial charge < -0.3 is 9.84 Å². The number of ether oxygens (including phenoxy) is 1. The molecule has 0 amide bonds. The third kappa shape index (κ3) is 5.90. The van der Waals surface area contributed by atoms with Crippen LogP contribution in [0.15, 0.2) is 54.6 Å². The molecular formula is C20H26O2. The molecule has 0 saturated carbocycles. The maximum absolute atomic E-state index is 8.71. The molecule has 0 spiro atoms. The van der Waals surface area contributed by atoms with Crippen molar-refractivity contribution in [2.24, 2.45) is 0 Å². The van der Waals surface area contributed by atoms with E-state index >= 15 is 0 Å². The Morgan fingerprint density at radius 3 is 1.91 bits per heavy atom. The standard InChI is InChI=1S/C20H26O2/c21-16-8-3-1-2-4-9-17-22-20-14-12-19(13-15-20)18-10-6-5-7-11-18/h5-7,10-15,21H,1-4,8-9,16-17H2. The lowest BCUT2D eigenvalue weighted by atomic mass is 10.1. The van der Waals surface area contributed by atoms with Crippen molar-refractivity contribution in [2.45, 2.75) is 38.5 Å². The highest BCUT2D eigenvalue weighted by molar-refractivity contribution is 5.63. The van der Waals surface area contributed by atoms with E-state index in [1.54, 1.807) is 0 Å². The van der Waals surface area contributed by atoms with Crippen LogP contribution in [0.3, 0.4) is 0 Å². The van der Waals surface area contributed by atoms with Crippen LogP contribution in [0.2, 0.25) is 0 Å². The Hall–Kier alpha value is -1.80. The number of hydrogen-bond acceptors (Lipinski definition) is 2. The van der Waals surface area contributed by atoms with Crippen LogP contribution in [0.5, 0.6) is 5.75 Å². The molecule has 2 nitrogen and oxygen atoms in total. The molecule has 2 aromatic rings. The monoisotopic (exact) mass is 298 g/mol. The summed E-state index contributed by atoms with van der Waals surface area (Å²) >= 11 is 0. The van der Waals surface area contributed by atoms with Crippen LogP contribution < -0.4 is 4.74 Å². The zero-order valence-electron chi connectivity index (χ0n) is 13.2. The van der Waals surface area contributed by atoms with Crippen LogP contribution in [-0.4, -0.2) is 18.3 Å². The van der Waals surface area contributed by atoms with Crippen LogP contribution in [0.4, 0.5) is 0 Å². The van der Waals surface area contributed by atoms with Gasteiger partial charge in [0.2, 0.25) is 0 Å². The van der Waals surface area contributed by atoms with Gasteiger partial charge >= 0.3 is 0 Å². The molecule has 0 unspecified atom stereocenters. The summed E-state index contributed by atoms with van der Waals surface area (Å²) in [6.07, 6.45) is 6.82. The molecule has 0 heterocycles. The van der Waals surface area contributed by atoms with E-state index in [9.17, 15) is 0 Å². The number of benzene rings is 2. The Kier molecular flexibility index (Phi) is 7.54. The normalized spacial score (nSPS) is 10.6. The van der Waals surface area contributed by atoms with E-state index in [1.807, 2.05) is 18.2 Å². The number of aliphatic hydroxyl groups is 1. The van der Waals surface area contributed by atoms with E-state index in [2.05, 4.69) is 36.4 Å². The lowest BCUT2D eigenvalue weighted by Crippen LogP contribution is -1.97. The largest absolute Gasteiger partial charge is 0.494 e. The van der Waals surface area contributed by atoms with Gasteiger partial charge in [0.15, 0.2) is 0 Å². The average molecular weight is 298 g/mol. The Balaban J connectivity index is 1.65. The van der Waals surface area contributed by atoms with Crippen LogP contribution in [0, 0.1) is 0 Å². The molecule has 0 aliphatic carbocycles. The SMILES string of the molecule is OCCCCCCCCOc1ccc(-c2ccccc2)cc1. The Labute approximate surface area is 133 Å². The molecule has 0 aliphatic rings. The van der Waals surface area contributed by atoms with Gasteiger partial charge in [0.05, 0.1) is 6.61 Å². The molecule has 0 atom stereocenters. The van der Waals surface area contributed by atoms with Crippen LogP contribution in [0.1, 0.15) is 38.5 Å². The zero-order valence-corrected chi connectivity index (χ0v) is 13.2. The van der Waals surface area contributed by atoms with Gasteiger partial charge in [0.1, 0.15) is 5.75 Å². The zero-order chi connectivity index (χ0) is 15.5. The summed E-state index contributed by atoms with van der Waals surface area (Å²) in [5.74, 6) is 0.944. The van der Waals surface area contributed by atoms with Gasteiger partial charge in [-0.05, 0) is 36.1 Å². The van der Waals surface area contributed by atoms with Crippen molar-refractivity contribution < 1.29 is 9.84 Å². The van der Waals surface area contributed by atoms with Gasteiger partial charge in [-0.1, -0.05) is 68.1 Å². The summed E-state index contributed by atoms with van der Waals surface area (Å²) in [5, 5.41) is 8.71. The molecule has 0 bridgehead atoms. The van der Waals surface area contributed by atoms with Crippen molar-refractivity contribution in [3.05, 3.63) is 54.6 Å². The third-order valence-electron chi connectivity index (χ3n) is 3.78. The molecule has 22 heavy (non-hydrogen) atoms. The molecule has 0 fully saturated rings. The van der Waals surface area contributed by atoms with E-state index in [1.165, 1.54) is 30.4 Å². The highest BCUT2D eigenvalue weighted by Gasteiger charge is 1.98. The van der Waals surface area contributed by atoms with Crippen molar-refractivity contribution in [3.8, 4) is 16.9 Å². The quantitative estimate of drug-likeness (QED) is 0.621. The molecule has 0 saturated heterocycles. The van der Waals surface area contributed by atoms with Crippen molar-refractivity contribution in [1.82, 2.24) is 0 Å². The summed E-state index contributed by atoms with van der Waals surface area (Å²) in [4.78, 5) is 0. The second kappa shape index (κ2) is 10.0. The van der Waals surface area contributed by atoms with E-state index in [0.29, 0.717) is 6.61 Å². The average Bonchev–Trinajstić information content (AvgIpc) is 2.59. The molecule has 0 aliphatic heterocycles. The first-order valence-corrected chi connectivity index (χ1v) is 8.29. The second-order valence-corrected chi connectivity index (χ2v) is 5.58. The van der Waals surface area contributed by atoms with Crippen molar-refractivity contribution in [1.29, 1.82) is 0 Å². The smallest absolute Gasteiger partial charge is 0.119 e. The molecule has 0 aromatic heterocycles. The fourth-order valence-electron chi connectivity index (χ4n) is 2.49. The number of hydrogen-bond donors (Lipinski definition) is 1. The molecule has 2 aromatic carbocycles. The van der Waals surface area contributed by atoms with E-state index in [-0.39, 0.29) is 0 Å². The predicted molar refractivity (Wildman–Crippen MR) is 92.2 cm³/mol. The second-order valence-electron chi connectivity index (χ2n) is 5.58. The number of unbranched alkanes of at least 4 members (excludes halogenated alkanes) is 5. The Bertz CT molecular complexity index is 505. The Morgan fingerprint density at radius 2 is 1.23 bits per heavy atom. The summed E-state index contributed by atoms with van der Waals surface area (Å²) in [6, 6.07) is 18.7. The van der Waals surface area contributed by atoms with E-state index in [4.69, 9.17) is 9.84 Å². The lowest BCUT2D eigenvalue weighted by Gasteiger charge is -2.07. The van der Waals surface area contributed by atoms with Gasteiger partial charge in [-0.15, -0.1) is 0 Å². The summed E-state index contributed by atoms with van der Waals surface area (Å²) in [6.45, 7) is 1.10.